The number of carbonyl (C=O) groups excluding carboxylic acids is 1. The number of amides is 1. The fourth-order valence-electron chi connectivity index (χ4n) is 3.22. The first-order valence-electron chi connectivity index (χ1n) is 10.0. The zero-order valence-electron chi connectivity index (χ0n) is 17.2. The summed E-state index contributed by atoms with van der Waals surface area (Å²) in [6, 6.07) is 24.4. The van der Waals surface area contributed by atoms with E-state index in [1.54, 1.807) is 36.4 Å². The van der Waals surface area contributed by atoms with Crippen molar-refractivity contribution in [2.24, 2.45) is 0 Å². The lowest BCUT2D eigenvalue weighted by molar-refractivity contribution is -0.120. The Kier molecular flexibility index (Phi) is 7.71. The molecule has 3 aromatic rings. The SMILES string of the molecule is C[C@H](CCc1ccccc1)NC(=O)CN(c1cccc(Cl)c1)S(=O)(=O)c1ccccc1. The van der Waals surface area contributed by atoms with E-state index in [0.717, 1.165) is 17.1 Å². The Morgan fingerprint density at radius 3 is 2.26 bits per heavy atom. The predicted molar refractivity (Wildman–Crippen MR) is 125 cm³/mol. The number of hydrogen-bond donors (Lipinski definition) is 1. The van der Waals surface area contributed by atoms with E-state index in [4.69, 9.17) is 11.6 Å². The van der Waals surface area contributed by atoms with Crippen molar-refractivity contribution in [2.75, 3.05) is 10.8 Å². The van der Waals surface area contributed by atoms with Crippen LogP contribution in [0.15, 0.2) is 89.8 Å². The molecule has 162 valence electrons. The lowest BCUT2D eigenvalue weighted by Gasteiger charge is -2.25. The molecule has 0 saturated heterocycles. The minimum atomic E-state index is -3.94. The molecule has 3 rings (SSSR count). The average molecular weight is 457 g/mol. The number of sulfonamides is 1. The van der Waals surface area contributed by atoms with Gasteiger partial charge in [0.15, 0.2) is 0 Å². The summed E-state index contributed by atoms with van der Waals surface area (Å²) in [5.74, 6) is -0.375. The molecular weight excluding hydrogens is 432 g/mol. The van der Waals surface area contributed by atoms with Gasteiger partial charge in [0, 0.05) is 11.1 Å². The van der Waals surface area contributed by atoms with Crippen LogP contribution in [-0.2, 0) is 21.2 Å². The van der Waals surface area contributed by atoms with Crippen LogP contribution >= 0.6 is 11.6 Å². The molecule has 7 heteroatoms. The predicted octanol–water partition coefficient (Wildman–Crippen LogP) is 4.67. The van der Waals surface area contributed by atoms with E-state index in [1.807, 2.05) is 37.3 Å². The number of nitrogens with one attached hydrogen (secondary N) is 1. The number of aryl methyl sites for hydroxylation is 1. The van der Waals surface area contributed by atoms with Crippen molar-refractivity contribution in [3.63, 3.8) is 0 Å². The third-order valence-electron chi connectivity index (χ3n) is 4.83. The second kappa shape index (κ2) is 10.5. The van der Waals surface area contributed by atoms with Gasteiger partial charge in [0.25, 0.3) is 10.0 Å². The normalized spacial score (nSPS) is 12.2. The van der Waals surface area contributed by atoms with Crippen LogP contribution in [0.3, 0.4) is 0 Å². The molecule has 0 spiro atoms. The van der Waals surface area contributed by atoms with Crippen LogP contribution in [0, 0.1) is 0 Å². The molecule has 0 bridgehead atoms. The molecule has 1 atom stereocenters. The maximum Gasteiger partial charge on any atom is 0.264 e. The minimum absolute atomic E-state index is 0.103. The highest BCUT2D eigenvalue weighted by Crippen LogP contribution is 2.26. The quantitative estimate of drug-likeness (QED) is 0.508. The summed E-state index contributed by atoms with van der Waals surface area (Å²) in [5, 5.41) is 3.30. The second-order valence-corrected chi connectivity index (χ2v) is 9.60. The number of nitrogens with zero attached hydrogens (tertiary/aromatic N) is 1. The Labute approximate surface area is 188 Å². The average Bonchev–Trinajstić information content (AvgIpc) is 2.77. The van der Waals surface area contributed by atoms with Crippen LogP contribution in [-0.4, -0.2) is 26.9 Å². The van der Waals surface area contributed by atoms with E-state index >= 15 is 0 Å². The van der Waals surface area contributed by atoms with Crippen molar-refractivity contribution in [1.29, 1.82) is 0 Å². The lowest BCUT2D eigenvalue weighted by atomic mass is 10.1. The number of hydrogen-bond acceptors (Lipinski definition) is 3. The van der Waals surface area contributed by atoms with Crippen LogP contribution in [0.25, 0.3) is 0 Å². The molecule has 0 radical (unpaired) electrons. The fourth-order valence-corrected chi connectivity index (χ4v) is 4.84. The van der Waals surface area contributed by atoms with Gasteiger partial charge in [-0.3, -0.25) is 9.10 Å². The molecule has 31 heavy (non-hydrogen) atoms. The molecule has 0 fully saturated rings. The van der Waals surface area contributed by atoms with E-state index in [-0.39, 0.29) is 23.4 Å². The topological polar surface area (TPSA) is 66.5 Å². The fraction of sp³-hybridized carbons (Fsp3) is 0.208. The van der Waals surface area contributed by atoms with E-state index in [0.29, 0.717) is 10.7 Å². The van der Waals surface area contributed by atoms with Crippen molar-refractivity contribution < 1.29 is 13.2 Å². The highest BCUT2D eigenvalue weighted by atomic mass is 35.5. The van der Waals surface area contributed by atoms with Crippen molar-refractivity contribution >= 4 is 33.2 Å². The molecule has 3 aromatic carbocycles. The van der Waals surface area contributed by atoms with Crippen molar-refractivity contribution in [2.45, 2.75) is 30.7 Å². The van der Waals surface area contributed by atoms with Crippen molar-refractivity contribution in [1.82, 2.24) is 5.32 Å². The van der Waals surface area contributed by atoms with E-state index in [1.165, 1.54) is 23.8 Å². The zero-order valence-corrected chi connectivity index (χ0v) is 18.8. The van der Waals surface area contributed by atoms with Gasteiger partial charge in [0.05, 0.1) is 10.6 Å². The summed E-state index contributed by atoms with van der Waals surface area (Å²) in [5.41, 5.74) is 1.53. The van der Waals surface area contributed by atoms with Gasteiger partial charge in [-0.05, 0) is 55.7 Å². The minimum Gasteiger partial charge on any atom is -0.352 e. The Bertz CT molecular complexity index is 1110. The van der Waals surface area contributed by atoms with Crippen molar-refractivity contribution in [3.05, 3.63) is 95.5 Å². The zero-order chi connectivity index (χ0) is 22.3. The molecule has 0 heterocycles. The Hall–Kier alpha value is -2.83. The summed E-state index contributed by atoms with van der Waals surface area (Å²) >= 11 is 6.08. The summed E-state index contributed by atoms with van der Waals surface area (Å²) < 4.78 is 27.6. The Morgan fingerprint density at radius 2 is 1.61 bits per heavy atom. The summed E-state index contributed by atoms with van der Waals surface area (Å²) in [6.45, 7) is 1.57. The molecule has 0 aromatic heterocycles. The Balaban J connectivity index is 1.74. The maximum absolute atomic E-state index is 13.3. The van der Waals surface area contributed by atoms with Gasteiger partial charge in [-0.15, -0.1) is 0 Å². The summed E-state index contributed by atoms with van der Waals surface area (Å²) in [7, 11) is -3.94. The van der Waals surface area contributed by atoms with Gasteiger partial charge in [-0.2, -0.15) is 0 Å². The first kappa shape index (κ1) is 22.8. The molecule has 0 aliphatic rings. The van der Waals surface area contributed by atoms with Crippen LogP contribution in [0.1, 0.15) is 18.9 Å². The van der Waals surface area contributed by atoms with E-state index in [2.05, 4.69) is 5.32 Å². The number of anilines is 1. The lowest BCUT2D eigenvalue weighted by Crippen LogP contribution is -2.43. The van der Waals surface area contributed by atoms with Crippen LogP contribution < -0.4 is 9.62 Å². The van der Waals surface area contributed by atoms with Gasteiger partial charge in [-0.1, -0.05) is 66.2 Å². The number of halogens is 1. The monoisotopic (exact) mass is 456 g/mol. The second-order valence-electron chi connectivity index (χ2n) is 7.30. The third kappa shape index (κ3) is 6.32. The number of rotatable bonds is 9. The smallest absolute Gasteiger partial charge is 0.264 e. The molecule has 0 aliphatic carbocycles. The molecule has 1 amide bonds. The molecule has 0 unspecified atom stereocenters. The van der Waals surface area contributed by atoms with Crippen molar-refractivity contribution in [3.8, 4) is 0 Å². The van der Waals surface area contributed by atoms with E-state index in [9.17, 15) is 13.2 Å². The van der Waals surface area contributed by atoms with Gasteiger partial charge >= 0.3 is 0 Å². The maximum atomic E-state index is 13.3. The molecule has 1 N–H and O–H groups in total. The molecule has 5 nitrogen and oxygen atoms in total. The van der Waals surface area contributed by atoms with Gasteiger partial charge < -0.3 is 5.32 Å². The van der Waals surface area contributed by atoms with Crippen LogP contribution in [0.2, 0.25) is 5.02 Å². The van der Waals surface area contributed by atoms with Crippen LogP contribution in [0.4, 0.5) is 5.69 Å². The summed E-state index contributed by atoms with van der Waals surface area (Å²) in [4.78, 5) is 12.9. The largest absolute Gasteiger partial charge is 0.352 e. The molecule has 0 saturated carbocycles. The number of benzene rings is 3. The highest BCUT2D eigenvalue weighted by Gasteiger charge is 2.27. The highest BCUT2D eigenvalue weighted by molar-refractivity contribution is 7.92. The molecular formula is C24H25ClN2O3S. The molecule has 0 aliphatic heterocycles. The van der Waals surface area contributed by atoms with Gasteiger partial charge in [0.1, 0.15) is 6.54 Å². The van der Waals surface area contributed by atoms with Gasteiger partial charge in [-0.25, -0.2) is 8.42 Å². The summed E-state index contributed by atoms with van der Waals surface area (Å²) in [6.07, 6.45) is 1.57. The Morgan fingerprint density at radius 1 is 0.968 bits per heavy atom. The first-order chi connectivity index (χ1) is 14.9. The van der Waals surface area contributed by atoms with E-state index < -0.39 is 10.0 Å². The number of carbonyl (C=O) groups is 1. The first-order valence-corrected chi connectivity index (χ1v) is 11.8. The van der Waals surface area contributed by atoms with Gasteiger partial charge in [0.2, 0.25) is 5.91 Å². The standard InChI is InChI=1S/C24H25ClN2O3S/c1-19(15-16-20-9-4-2-5-10-20)26-24(28)18-27(22-12-8-11-21(25)17-22)31(29,30)23-13-6-3-7-14-23/h2-14,17,19H,15-16,18H2,1H3,(H,26,28)/t19-/m1/s1. The van der Waals surface area contributed by atoms with Crippen LogP contribution in [0.5, 0.6) is 0 Å². The third-order valence-corrected chi connectivity index (χ3v) is 6.85.